The molecule has 1 fully saturated rings. The Morgan fingerprint density at radius 2 is 1.91 bits per heavy atom. The predicted octanol–water partition coefficient (Wildman–Crippen LogP) is 2.48. The van der Waals surface area contributed by atoms with Crippen LogP contribution < -0.4 is 4.74 Å². The predicted molar refractivity (Wildman–Crippen MR) is 88.3 cm³/mol. The monoisotopic (exact) mass is 307 g/mol. The standard InChI is InChI=1S/C18H29NO3/c1-3-21-13-16-8-10-19(11-9-16)12-17(20)14-22-18-6-4-15(2)5-7-18/h4-7,16-17,20H,3,8-14H2,1-2H3. The van der Waals surface area contributed by atoms with Crippen LogP contribution in [0.2, 0.25) is 0 Å². The molecule has 1 atom stereocenters. The summed E-state index contributed by atoms with van der Waals surface area (Å²) in [4.78, 5) is 2.33. The van der Waals surface area contributed by atoms with Crippen molar-refractivity contribution in [2.75, 3.05) is 39.5 Å². The van der Waals surface area contributed by atoms with Crippen LogP contribution in [-0.4, -0.2) is 55.6 Å². The van der Waals surface area contributed by atoms with Gasteiger partial charge in [0.1, 0.15) is 18.5 Å². The lowest BCUT2D eigenvalue weighted by atomic mass is 9.97. The lowest BCUT2D eigenvalue weighted by molar-refractivity contribution is 0.0379. The molecule has 0 bridgehead atoms. The zero-order valence-corrected chi connectivity index (χ0v) is 13.8. The normalized spacial score (nSPS) is 18.3. The molecule has 0 spiro atoms. The van der Waals surface area contributed by atoms with Crippen LogP contribution in [0.4, 0.5) is 0 Å². The van der Waals surface area contributed by atoms with Gasteiger partial charge in [0.25, 0.3) is 0 Å². The fraction of sp³-hybridized carbons (Fsp3) is 0.667. The first-order valence-corrected chi connectivity index (χ1v) is 8.35. The number of aryl methyl sites for hydroxylation is 1. The number of aliphatic hydroxyl groups is 1. The number of piperidine rings is 1. The minimum absolute atomic E-state index is 0.349. The SMILES string of the molecule is CCOCC1CCN(CC(O)COc2ccc(C)cc2)CC1. The highest BCUT2D eigenvalue weighted by atomic mass is 16.5. The summed E-state index contributed by atoms with van der Waals surface area (Å²) in [6.07, 6.45) is 1.88. The Hall–Kier alpha value is -1.10. The number of likely N-dealkylation sites (tertiary alicyclic amines) is 1. The van der Waals surface area contributed by atoms with Gasteiger partial charge in [0.15, 0.2) is 0 Å². The fourth-order valence-corrected chi connectivity index (χ4v) is 2.80. The summed E-state index contributed by atoms with van der Waals surface area (Å²) in [6.45, 7) is 8.89. The summed E-state index contributed by atoms with van der Waals surface area (Å²) in [5.74, 6) is 1.50. The first-order valence-electron chi connectivity index (χ1n) is 8.35. The lowest BCUT2D eigenvalue weighted by Crippen LogP contribution is -2.41. The van der Waals surface area contributed by atoms with Gasteiger partial charge < -0.3 is 19.5 Å². The molecular formula is C18H29NO3. The molecule has 0 aliphatic carbocycles. The molecule has 2 rings (SSSR count). The van der Waals surface area contributed by atoms with Gasteiger partial charge in [-0.05, 0) is 57.8 Å². The molecule has 1 saturated heterocycles. The Balaban J connectivity index is 1.63. The van der Waals surface area contributed by atoms with Crippen molar-refractivity contribution in [3.05, 3.63) is 29.8 Å². The Labute approximate surface area is 134 Å². The minimum Gasteiger partial charge on any atom is -0.491 e. The van der Waals surface area contributed by atoms with Crippen molar-refractivity contribution in [1.82, 2.24) is 4.90 Å². The molecule has 0 saturated carbocycles. The van der Waals surface area contributed by atoms with Crippen LogP contribution in [0.15, 0.2) is 24.3 Å². The second-order valence-electron chi connectivity index (χ2n) is 6.18. The van der Waals surface area contributed by atoms with E-state index in [9.17, 15) is 5.11 Å². The molecule has 1 aromatic rings. The molecule has 1 aliphatic rings. The molecule has 0 amide bonds. The highest BCUT2D eigenvalue weighted by molar-refractivity contribution is 5.26. The number of benzene rings is 1. The van der Waals surface area contributed by atoms with Crippen molar-refractivity contribution in [1.29, 1.82) is 0 Å². The zero-order chi connectivity index (χ0) is 15.8. The van der Waals surface area contributed by atoms with E-state index in [1.807, 2.05) is 38.1 Å². The summed E-state index contributed by atoms with van der Waals surface area (Å²) >= 11 is 0. The molecule has 1 heterocycles. The van der Waals surface area contributed by atoms with Crippen molar-refractivity contribution in [2.24, 2.45) is 5.92 Å². The Morgan fingerprint density at radius 1 is 1.23 bits per heavy atom. The topological polar surface area (TPSA) is 41.9 Å². The molecule has 0 radical (unpaired) electrons. The van der Waals surface area contributed by atoms with Gasteiger partial charge in [0, 0.05) is 19.8 Å². The molecule has 1 N–H and O–H groups in total. The maximum atomic E-state index is 10.1. The molecule has 1 aliphatic heterocycles. The quantitative estimate of drug-likeness (QED) is 0.801. The minimum atomic E-state index is -0.440. The number of β-amino-alcohol motifs (C(OH)–C–C–N with tert-alkyl or cyclic N) is 1. The number of hydrogen-bond acceptors (Lipinski definition) is 4. The lowest BCUT2D eigenvalue weighted by Gasteiger charge is -2.32. The van der Waals surface area contributed by atoms with Crippen molar-refractivity contribution in [3.8, 4) is 5.75 Å². The number of rotatable bonds is 8. The zero-order valence-electron chi connectivity index (χ0n) is 13.8. The van der Waals surface area contributed by atoms with E-state index < -0.39 is 6.10 Å². The van der Waals surface area contributed by atoms with Gasteiger partial charge in [-0.1, -0.05) is 17.7 Å². The fourth-order valence-electron chi connectivity index (χ4n) is 2.80. The first-order chi connectivity index (χ1) is 10.7. The third-order valence-electron chi connectivity index (χ3n) is 4.20. The van der Waals surface area contributed by atoms with E-state index in [1.54, 1.807) is 0 Å². The van der Waals surface area contributed by atoms with E-state index in [2.05, 4.69) is 4.90 Å². The van der Waals surface area contributed by atoms with Gasteiger partial charge in [-0.3, -0.25) is 0 Å². The first kappa shape index (κ1) is 17.3. The van der Waals surface area contributed by atoms with Crippen molar-refractivity contribution < 1.29 is 14.6 Å². The molecule has 1 unspecified atom stereocenters. The van der Waals surface area contributed by atoms with Crippen LogP contribution in [-0.2, 0) is 4.74 Å². The number of aliphatic hydroxyl groups excluding tert-OH is 1. The number of ether oxygens (including phenoxy) is 2. The Bertz CT molecular complexity index is 413. The van der Waals surface area contributed by atoms with Crippen molar-refractivity contribution in [3.63, 3.8) is 0 Å². The maximum absolute atomic E-state index is 10.1. The average Bonchev–Trinajstić information content (AvgIpc) is 2.54. The molecule has 22 heavy (non-hydrogen) atoms. The van der Waals surface area contributed by atoms with Gasteiger partial charge in [-0.2, -0.15) is 0 Å². The van der Waals surface area contributed by atoms with Crippen molar-refractivity contribution in [2.45, 2.75) is 32.8 Å². The Morgan fingerprint density at radius 3 is 2.55 bits per heavy atom. The van der Waals surface area contributed by atoms with Crippen molar-refractivity contribution >= 4 is 0 Å². The van der Waals surface area contributed by atoms with Gasteiger partial charge in [0.05, 0.1) is 0 Å². The van der Waals surface area contributed by atoms with Gasteiger partial charge in [-0.25, -0.2) is 0 Å². The summed E-state index contributed by atoms with van der Waals surface area (Å²) in [5, 5.41) is 10.1. The maximum Gasteiger partial charge on any atom is 0.119 e. The molecule has 4 heteroatoms. The van der Waals surface area contributed by atoms with E-state index in [0.29, 0.717) is 19.1 Å². The smallest absolute Gasteiger partial charge is 0.119 e. The molecule has 124 valence electrons. The third kappa shape index (κ3) is 5.95. The van der Waals surface area contributed by atoms with Crippen LogP contribution in [0.5, 0.6) is 5.75 Å². The summed E-state index contributed by atoms with van der Waals surface area (Å²) in [7, 11) is 0. The van der Waals surface area contributed by atoms with Gasteiger partial charge in [-0.15, -0.1) is 0 Å². The highest BCUT2D eigenvalue weighted by Crippen LogP contribution is 2.18. The van der Waals surface area contributed by atoms with Crippen LogP contribution in [0, 0.1) is 12.8 Å². The molecular weight excluding hydrogens is 278 g/mol. The van der Waals surface area contributed by atoms with Gasteiger partial charge >= 0.3 is 0 Å². The van der Waals surface area contributed by atoms with E-state index in [1.165, 1.54) is 5.56 Å². The van der Waals surface area contributed by atoms with E-state index in [-0.39, 0.29) is 0 Å². The third-order valence-corrected chi connectivity index (χ3v) is 4.20. The van der Waals surface area contributed by atoms with Crippen LogP contribution in [0.3, 0.4) is 0 Å². The van der Waals surface area contributed by atoms with Gasteiger partial charge in [0.2, 0.25) is 0 Å². The van der Waals surface area contributed by atoms with E-state index in [0.717, 1.165) is 44.9 Å². The second-order valence-corrected chi connectivity index (χ2v) is 6.18. The largest absolute Gasteiger partial charge is 0.491 e. The van der Waals surface area contributed by atoms with E-state index >= 15 is 0 Å². The number of nitrogens with zero attached hydrogens (tertiary/aromatic N) is 1. The summed E-state index contributed by atoms with van der Waals surface area (Å²) < 4.78 is 11.1. The van der Waals surface area contributed by atoms with Crippen LogP contribution >= 0.6 is 0 Å². The van der Waals surface area contributed by atoms with Crippen LogP contribution in [0.1, 0.15) is 25.3 Å². The van der Waals surface area contributed by atoms with E-state index in [4.69, 9.17) is 9.47 Å². The summed E-state index contributed by atoms with van der Waals surface area (Å²) in [5.41, 5.74) is 1.21. The number of hydrogen-bond donors (Lipinski definition) is 1. The molecule has 1 aromatic carbocycles. The van der Waals surface area contributed by atoms with Crippen LogP contribution in [0.25, 0.3) is 0 Å². The molecule has 4 nitrogen and oxygen atoms in total. The highest BCUT2D eigenvalue weighted by Gasteiger charge is 2.21. The molecule has 0 aromatic heterocycles. The average molecular weight is 307 g/mol. The summed E-state index contributed by atoms with van der Waals surface area (Å²) in [6, 6.07) is 7.93. The second kappa shape index (κ2) is 9.13. The Kier molecular flexibility index (Phi) is 7.16.